The zero-order valence-corrected chi connectivity index (χ0v) is 7.81. The van der Waals surface area contributed by atoms with Crippen molar-refractivity contribution in [2.75, 3.05) is 0 Å². The third-order valence-corrected chi connectivity index (χ3v) is 3.34. The van der Waals surface area contributed by atoms with E-state index in [1.165, 1.54) is 0 Å². The number of halogens is 3. The highest BCUT2D eigenvalue weighted by Gasteiger charge is 2.42. The largest absolute Gasteiger partial charge is 0.284 e. The van der Waals surface area contributed by atoms with E-state index in [2.05, 4.69) is 20.9 Å². The summed E-state index contributed by atoms with van der Waals surface area (Å²) in [6.07, 6.45) is 0.332. The minimum absolute atomic E-state index is 0.0750. The maximum atomic E-state index is 12.9. The van der Waals surface area contributed by atoms with Crippen LogP contribution in [0.1, 0.15) is 17.0 Å². The number of rotatable bonds is 0. The first-order chi connectivity index (χ1) is 5.09. The number of aryl methyl sites for hydroxylation is 1. The van der Waals surface area contributed by atoms with Crippen LogP contribution in [0.15, 0.2) is 3.92 Å². The zero-order chi connectivity index (χ0) is 8.06. The zero-order valence-electron chi connectivity index (χ0n) is 5.40. The molecule has 1 nitrogen and oxygen atoms in total. The Morgan fingerprint density at radius 3 is 2.91 bits per heavy atom. The van der Waals surface area contributed by atoms with Crippen molar-refractivity contribution in [3.8, 4) is 0 Å². The highest BCUT2D eigenvalue weighted by molar-refractivity contribution is 9.11. The van der Waals surface area contributed by atoms with Crippen LogP contribution in [0.4, 0.5) is 8.78 Å². The maximum Gasteiger partial charge on any atom is 0.284 e. The van der Waals surface area contributed by atoms with Crippen molar-refractivity contribution in [3.05, 3.63) is 14.5 Å². The first-order valence-corrected chi connectivity index (χ1v) is 4.74. The predicted octanol–water partition coefficient (Wildman–Crippen LogP) is 2.94. The average Bonchev–Trinajstić information content (AvgIpc) is 2.35. The number of aromatic nitrogens is 1. The van der Waals surface area contributed by atoms with Crippen LogP contribution in [0.25, 0.3) is 0 Å². The first kappa shape index (κ1) is 7.61. The van der Waals surface area contributed by atoms with E-state index in [9.17, 15) is 8.78 Å². The summed E-state index contributed by atoms with van der Waals surface area (Å²) in [5.41, 5.74) is 0.562. The van der Waals surface area contributed by atoms with Crippen molar-refractivity contribution in [2.45, 2.75) is 18.8 Å². The van der Waals surface area contributed by atoms with Gasteiger partial charge >= 0.3 is 0 Å². The summed E-state index contributed by atoms with van der Waals surface area (Å²) in [7, 11) is 0. The number of nitrogens with zero attached hydrogens (tertiary/aromatic N) is 1. The molecule has 0 N–H and O–H groups in total. The Balaban J connectivity index is 2.54. The lowest BCUT2D eigenvalue weighted by Crippen LogP contribution is -2.04. The first-order valence-electron chi connectivity index (χ1n) is 3.13. The normalized spacial score (nSPS) is 20.3. The predicted molar refractivity (Wildman–Crippen MR) is 42.0 cm³/mol. The molecule has 11 heavy (non-hydrogen) atoms. The summed E-state index contributed by atoms with van der Waals surface area (Å²) in [5, 5.41) is 0. The van der Waals surface area contributed by atoms with Gasteiger partial charge in [0, 0.05) is 6.42 Å². The van der Waals surface area contributed by atoms with E-state index in [1.54, 1.807) is 0 Å². The van der Waals surface area contributed by atoms with Crippen LogP contribution in [0.5, 0.6) is 0 Å². The lowest BCUT2D eigenvalue weighted by Gasteiger charge is -2.04. The summed E-state index contributed by atoms with van der Waals surface area (Å²) in [6, 6.07) is 0. The molecule has 0 aliphatic heterocycles. The minimum atomic E-state index is -2.63. The Labute approximate surface area is 74.6 Å². The molecule has 0 atom stereocenters. The van der Waals surface area contributed by atoms with Crippen molar-refractivity contribution in [3.63, 3.8) is 0 Å². The van der Waals surface area contributed by atoms with E-state index in [-0.39, 0.29) is 11.3 Å². The summed E-state index contributed by atoms with van der Waals surface area (Å²) in [6.45, 7) is 0. The minimum Gasteiger partial charge on any atom is -0.234 e. The topological polar surface area (TPSA) is 12.9 Å². The van der Waals surface area contributed by atoms with Gasteiger partial charge in [-0.1, -0.05) is 0 Å². The van der Waals surface area contributed by atoms with Gasteiger partial charge in [0.15, 0.2) is 3.92 Å². The van der Waals surface area contributed by atoms with Gasteiger partial charge in [-0.15, -0.1) is 11.3 Å². The van der Waals surface area contributed by atoms with Crippen LogP contribution in [-0.2, 0) is 12.3 Å². The number of fused-ring (bicyclic) bond motifs is 1. The van der Waals surface area contributed by atoms with E-state index in [1.807, 2.05) is 0 Å². The second-order valence-electron chi connectivity index (χ2n) is 2.45. The van der Waals surface area contributed by atoms with E-state index in [4.69, 9.17) is 0 Å². The molecule has 0 radical (unpaired) electrons. The molecular formula is C6H4BrF2NS. The van der Waals surface area contributed by atoms with E-state index in [0.29, 0.717) is 16.0 Å². The van der Waals surface area contributed by atoms with Crippen molar-refractivity contribution < 1.29 is 8.78 Å². The monoisotopic (exact) mass is 239 g/mol. The number of hydrogen-bond donors (Lipinski definition) is 0. The Bertz CT molecular complexity index is 297. The molecule has 0 fully saturated rings. The van der Waals surface area contributed by atoms with Crippen molar-refractivity contribution in [2.24, 2.45) is 0 Å². The second kappa shape index (κ2) is 2.23. The van der Waals surface area contributed by atoms with Gasteiger partial charge in [0.2, 0.25) is 0 Å². The second-order valence-corrected chi connectivity index (χ2v) is 4.72. The van der Waals surface area contributed by atoms with Crippen molar-refractivity contribution in [1.82, 2.24) is 4.98 Å². The molecule has 0 amide bonds. The molecular weight excluding hydrogens is 236 g/mol. The van der Waals surface area contributed by atoms with Gasteiger partial charge < -0.3 is 0 Å². The molecule has 1 heterocycles. The highest BCUT2D eigenvalue weighted by Crippen LogP contribution is 2.45. The van der Waals surface area contributed by atoms with E-state index >= 15 is 0 Å². The number of thiazole rings is 1. The smallest absolute Gasteiger partial charge is 0.234 e. The molecule has 60 valence electrons. The van der Waals surface area contributed by atoms with Crippen molar-refractivity contribution in [1.29, 1.82) is 0 Å². The molecule has 0 saturated carbocycles. The van der Waals surface area contributed by atoms with Gasteiger partial charge in [0.05, 0.1) is 10.6 Å². The molecule has 0 spiro atoms. The molecule has 0 aromatic carbocycles. The molecule has 0 unspecified atom stereocenters. The Hall–Kier alpha value is -0.0300. The average molecular weight is 240 g/mol. The Morgan fingerprint density at radius 1 is 1.55 bits per heavy atom. The van der Waals surface area contributed by atoms with Crippen molar-refractivity contribution >= 4 is 27.3 Å². The molecule has 2 rings (SSSR count). The van der Waals surface area contributed by atoms with Crippen LogP contribution in [0, 0.1) is 0 Å². The molecule has 0 bridgehead atoms. The fourth-order valence-electron chi connectivity index (χ4n) is 1.17. The Morgan fingerprint density at radius 2 is 2.27 bits per heavy atom. The van der Waals surface area contributed by atoms with Gasteiger partial charge in [0.1, 0.15) is 0 Å². The van der Waals surface area contributed by atoms with Gasteiger partial charge in [-0.25, -0.2) is 13.8 Å². The summed E-state index contributed by atoms with van der Waals surface area (Å²) in [4.78, 5) is 4.08. The highest BCUT2D eigenvalue weighted by atomic mass is 79.9. The molecule has 1 aliphatic carbocycles. The standard InChI is InChI=1S/C6H4BrF2NS/c7-5-10-3-1-2-6(8,9)4(3)11-5/h1-2H2. The van der Waals surface area contributed by atoms with Crippen LogP contribution >= 0.6 is 27.3 Å². The number of hydrogen-bond acceptors (Lipinski definition) is 2. The molecule has 1 aliphatic rings. The Kier molecular flexibility index (Phi) is 1.54. The summed E-state index contributed by atoms with van der Waals surface area (Å²) >= 11 is 4.12. The fourth-order valence-corrected chi connectivity index (χ4v) is 2.71. The lowest BCUT2D eigenvalue weighted by molar-refractivity contribution is 0.00159. The maximum absolute atomic E-state index is 12.9. The summed E-state index contributed by atoms with van der Waals surface area (Å²) < 4.78 is 26.4. The van der Waals surface area contributed by atoms with Crippen LogP contribution in [0.3, 0.4) is 0 Å². The molecule has 5 heteroatoms. The van der Waals surface area contributed by atoms with E-state index < -0.39 is 5.92 Å². The SMILES string of the molecule is FC1(F)CCc2nc(Br)sc21. The molecule has 1 aromatic rings. The van der Waals surface area contributed by atoms with Crippen LogP contribution in [-0.4, -0.2) is 4.98 Å². The molecule has 0 saturated heterocycles. The third kappa shape index (κ3) is 1.10. The van der Waals surface area contributed by atoms with Crippen LogP contribution in [0.2, 0.25) is 0 Å². The lowest BCUT2D eigenvalue weighted by atomic mass is 10.3. The quantitative estimate of drug-likeness (QED) is 0.679. The van der Waals surface area contributed by atoms with Gasteiger partial charge in [-0.05, 0) is 22.4 Å². The third-order valence-electron chi connectivity index (χ3n) is 1.68. The summed E-state index contributed by atoms with van der Waals surface area (Å²) in [5.74, 6) is -2.63. The van der Waals surface area contributed by atoms with E-state index in [0.717, 1.165) is 11.3 Å². The number of alkyl halides is 2. The van der Waals surface area contributed by atoms with Gasteiger partial charge in [-0.2, -0.15) is 0 Å². The van der Waals surface area contributed by atoms with Gasteiger partial charge in [-0.3, -0.25) is 0 Å². The molecule has 1 aromatic heterocycles. The van der Waals surface area contributed by atoms with Crippen LogP contribution < -0.4 is 0 Å². The van der Waals surface area contributed by atoms with Gasteiger partial charge in [0.25, 0.3) is 5.92 Å². The fraction of sp³-hybridized carbons (Fsp3) is 0.500.